The van der Waals surface area contributed by atoms with Crippen LogP contribution in [0.1, 0.15) is 0 Å². The molecular formula is C19H13BrN2O. The van der Waals surface area contributed by atoms with Crippen LogP contribution in [0.25, 0.3) is 16.6 Å². The number of benzene rings is 3. The second kappa shape index (κ2) is 5.89. The molecule has 4 rings (SSSR count). The Labute approximate surface area is 142 Å². The van der Waals surface area contributed by atoms with E-state index in [1.54, 1.807) is 0 Å². The van der Waals surface area contributed by atoms with Gasteiger partial charge in [-0.25, -0.2) is 4.68 Å². The Hall–Kier alpha value is -2.59. The third-order valence-electron chi connectivity index (χ3n) is 3.59. The lowest BCUT2D eigenvalue weighted by atomic mass is 10.2. The zero-order valence-corrected chi connectivity index (χ0v) is 13.8. The zero-order valence-electron chi connectivity index (χ0n) is 12.2. The van der Waals surface area contributed by atoms with E-state index >= 15 is 0 Å². The summed E-state index contributed by atoms with van der Waals surface area (Å²) in [5, 5.41) is 5.58. The fourth-order valence-corrected chi connectivity index (χ4v) is 2.87. The number of para-hydroxylation sites is 1. The Balaban J connectivity index is 1.64. The number of hydrogen-bond acceptors (Lipinski definition) is 2. The predicted molar refractivity (Wildman–Crippen MR) is 95.3 cm³/mol. The van der Waals surface area contributed by atoms with Crippen LogP contribution in [-0.2, 0) is 0 Å². The Bertz CT molecular complexity index is 946. The summed E-state index contributed by atoms with van der Waals surface area (Å²) in [4.78, 5) is 0. The molecule has 0 aliphatic rings. The van der Waals surface area contributed by atoms with Crippen molar-refractivity contribution in [2.24, 2.45) is 0 Å². The van der Waals surface area contributed by atoms with Gasteiger partial charge in [-0.05, 0) is 54.6 Å². The van der Waals surface area contributed by atoms with E-state index in [1.165, 1.54) is 0 Å². The van der Waals surface area contributed by atoms with Crippen molar-refractivity contribution in [3.05, 3.63) is 83.5 Å². The Morgan fingerprint density at radius 1 is 0.826 bits per heavy atom. The smallest absolute Gasteiger partial charge is 0.127 e. The highest BCUT2D eigenvalue weighted by atomic mass is 79.9. The SMILES string of the molecule is Brc1ccc2c(cnn2-c2ccc(Oc3ccccc3)cc2)c1. The van der Waals surface area contributed by atoms with Crippen LogP contribution < -0.4 is 4.74 Å². The van der Waals surface area contributed by atoms with Crippen LogP contribution >= 0.6 is 15.9 Å². The van der Waals surface area contributed by atoms with Gasteiger partial charge in [-0.1, -0.05) is 34.1 Å². The molecule has 4 aromatic rings. The van der Waals surface area contributed by atoms with E-state index in [-0.39, 0.29) is 0 Å². The first-order valence-electron chi connectivity index (χ1n) is 7.26. The maximum Gasteiger partial charge on any atom is 0.127 e. The minimum absolute atomic E-state index is 0.805. The van der Waals surface area contributed by atoms with Gasteiger partial charge in [0.05, 0.1) is 17.4 Å². The molecule has 23 heavy (non-hydrogen) atoms. The number of halogens is 1. The number of hydrogen-bond donors (Lipinski definition) is 0. The molecule has 0 aliphatic heterocycles. The molecule has 4 heteroatoms. The molecule has 0 atom stereocenters. The fourth-order valence-electron chi connectivity index (χ4n) is 2.49. The lowest BCUT2D eigenvalue weighted by molar-refractivity contribution is 0.482. The summed E-state index contributed by atoms with van der Waals surface area (Å²) < 4.78 is 8.79. The van der Waals surface area contributed by atoms with Crippen molar-refractivity contribution in [1.82, 2.24) is 9.78 Å². The molecule has 3 aromatic carbocycles. The van der Waals surface area contributed by atoms with Gasteiger partial charge in [0.25, 0.3) is 0 Å². The van der Waals surface area contributed by atoms with Gasteiger partial charge in [-0.3, -0.25) is 0 Å². The summed E-state index contributed by atoms with van der Waals surface area (Å²) in [6, 6.07) is 23.8. The van der Waals surface area contributed by atoms with Crippen molar-refractivity contribution in [1.29, 1.82) is 0 Å². The topological polar surface area (TPSA) is 27.1 Å². The molecule has 112 valence electrons. The third kappa shape index (κ3) is 2.85. The second-order valence-electron chi connectivity index (χ2n) is 5.17. The number of aromatic nitrogens is 2. The molecule has 0 bridgehead atoms. The highest BCUT2D eigenvalue weighted by molar-refractivity contribution is 9.10. The fraction of sp³-hybridized carbons (Fsp3) is 0. The van der Waals surface area contributed by atoms with Crippen molar-refractivity contribution in [2.45, 2.75) is 0 Å². The summed E-state index contributed by atoms with van der Waals surface area (Å²) in [5.74, 6) is 1.63. The predicted octanol–water partition coefficient (Wildman–Crippen LogP) is 5.58. The standard InChI is InChI=1S/C19H13BrN2O/c20-15-6-11-19-14(12-15)13-21-22(19)16-7-9-18(10-8-16)23-17-4-2-1-3-5-17/h1-13H. The highest BCUT2D eigenvalue weighted by Crippen LogP contribution is 2.25. The van der Waals surface area contributed by atoms with Crippen LogP contribution in [0.3, 0.4) is 0 Å². The first-order valence-corrected chi connectivity index (χ1v) is 8.05. The lowest BCUT2D eigenvalue weighted by Gasteiger charge is -2.07. The molecule has 0 unspecified atom stereocenters. The highest BCUT2D eigenvalue weighted by Gasteiger charge is 2.05. The molecule has 0 saturated carbocycles. The van der Waals surface area contributed by atoms with Gasteiger partial charge < -0.3 is 4.74 Å². The normalized spacial score (nSPS) is 10.8. The average Bonchev–Trinajstić information content (AvgIpc) is 2.99. The molecule has 0 N–H and O–H groups in total. The maximum atomic E-state index is 5.82. The molecule has 0 spiro atoms. The van der Waals surface area contributed by atoms with Gasteiger partial charge in [0, 0.05) is 9.86 Å². The van der Waals surface area contributed by atoms with Gasteiger partial charge in [-0.2, -0.15) is 5.10 Å². The van der Waals surface area contributed by atoms with Crippen LogP contribution in [0.4, 0.5) is 0 Å². The minimum Gasteiger partial charge on any atom is -0.457 e. The number of nitrogens with zero attached hydrogens (tertiary/aromatic N) is 2. The van der Waals surface area contributed by atoms with Crippen molar-refractivity contribution >= 4 is 26.8 Å². The van der Waals surface area contributed by atoms with E-state index in [0.717, 1.165) is 32.6 Å². The first-order chi connectivity index (χ1) is 11.3. The van der Waals surface area contributed by atoms with Crippen LogP contribution in [0, 0.1) is 0 Å². The molecule has 1 aromatic heterocycles. The van der Waals surface area contributed by atoms with Gasteiger partial charge >= 0.3 is 0 Å². The van der Waals surface area contributed by atoms with Gasteiger partial charge in [-0.15, -0.1) is 0 Å². The molecule has 0 amide bonds. The summed E-state index contributed by atoms with van der Waals surface area (Å²) in [7, 11) is 0. The molecular weight excluding hydrogens is 352 g/mol. The van der Waals surface area contributed by atoms with Crippen LogP contribution in [0.2, 0.25) is 0 Å². The van der Waals surface area contributed by atoms with Crippen LogP contribution in [0.5, 0.6) is 11.5 Å². The van der Waals surface area contributed by atoms with Crippen molar-refractivity contribution in [2.75, 3.05) is 0 Å². The van der Waals surface area contributed by atoms with E-state index in [2.05, 4.69) is 33.2 Å². The number of rotatable bonds is 3. The second-order valence-corrected chi connectivity index (χ2v) is 6.08. The molecule has 1 heterocycles. The Morgan fingerprint density at radius 2 is 1.57 bits per heavy atom. The maximum absolute atomic E-state index is 5.82. The van der Waals surface area contributed by atoms with Gasteiger partial charge in [0.2, 0.25) is 0 Å². The Morgan fingerprint density at radius 3 is 2.35 bits per heavy atom. The number of fused-ring (bicyclic) bond motifs is 1. The molecule has 0 saturated heterocycles. The summed E-state index contributed by atoms with van der Waals surface area (Å²) >= 11 is 3.49. The summed E-state index contributed by atoms with van der Waals surface area (Å²) in [5.41, 5.74) is 2.08. The quantitative estimate of drug-likeness (QED) is 0.474. The molecule has 0 radical (unpaired) electrons. The van der Waals surface area contributed by atoms with Crippen LogP contribution in [0.15, 0.2) is 83.5 Å². The summed E-state index contributed by atoms with van der Waals surface area (Å²) in [6.07, 6.45) is 1.87. The molecule has 3 nitrogen and oxygen atoms in total. The van der Waals surface area contributed by atoms with E-state index < -0.39 is 0 Å². The molecule has 0 fully saturated rings. The largest absolute Gasteiger partial charge is 0.457 e. The zero-order chi connectivity index (χ0) is 15.6. The van der Waals surface area contributed by atoms with Crippen molar-refractivity contribution < 1.29 is 4.74 Å². The van der Waals surface area contributed by atoms with Crippen molar-refractivity contribution in [3.63, 3.8) is 0 Å². The van der Waals surface area contributed by atoms with E-state index in [0.29, 0.717) is 0 Å². The third-order valence-corrected chi connectivity index (χ3v) is 4.08. The minimum atomic E-state index is 0.805. The summed E-state index contributed by atoms with van der Waals surface area (Å²) in [6.45, 7) is 0. The van der Waals surface area contributed by atoms with Gasteiger partial charge in [0.1, 0.15) is 11.5 Å². The van der Waals surface area contributed by atoms with Gasteiger partial charge in [0.15, 0.2) is 0 Å². The lowest BCUT2D eigenvalue weighted by Crippen LogP contribution is -1.95. The van der Waals surface area contributed by atoms with Crippen LogP contribution in [-0.4, -0.2) is 9.78 Å². The van der Waals surface area contributed by atoms with E-state index in [4.69, 9.17) is 4.74 Å². The van der Waals surface area contributed by atoms with E-state index in [9.17, 15) is 0 Å². The number of ether oxygens (including phenoxy) is 1. The molecule has 0 aliphatic carbocycles. The first kappa shape index (κ1) is 14.0. The monoisotopic (exact) mass is 364 g/mol. The Kier molecular flexibility index (Phi) is 3.60. The average molecular weight is 365 g/mol. The van der Waals surface area contributed by atoms with E-state index in [1.807, 2.05) is 71.5 Å². The van der Waals surface area contributed by atoms with Crippen molar-refractivity contribution in [3.8, 4) is 17.2 Å².